The summed E-state index contributed by atoms with van der Waals surface area (Å²) in [5.74, 6) is -0.553. The lowest BCUT2D eigenvalue weighted by Crippen LogP contribution is -2.23. The molecule has 2 amide bonds. The van der Waals surface area contributed by atoms with Gasteiger partial charge < -0.3 is 10.6 Å². The van der Waals surface area contributed by atoms with Crippen LogP contribution in [0.25, 0.3) is 0 Å². The maximum atomic E-state index is 12.3. The minimum absolute atomic E-state index is 0.190. The SMILES string of the molecule is Cc1ccc(C(=O)Nc2cccc(CNC(=O)c3cc(Cl)ncc3Cl)c2)cc1. The fraction of sp³-hybridized carbons (Fsp3) is 0.0952. The van der Waals surface area contributed by atoms with Gasteiger partial charge >= 0.3 is 0 Å². The van der Waals surface area contributed by atoms with Crippen LogP contribution in [0.1, 0.15) is 31.8 Å². The van der Waals surface area contributed by atoms with Crippen LogP contribution < -0.4 is 10.6 Å². The number of hydrogen-bond donors (Lipinski definition) is 2. The Morgan fingerprint density at radius 3 is 2.50 bits per heavy atom. The molecule has 3 rings (SSSR count). The van der Waals surface area contributed by atoms with Crippen LogP contribution in [0.2, 0.25) is 10.2 Å². The van der Waals surface area contributed by atoms with E-state index in [-0.39, 0.29) is 34.1 Å². The Bertz CT molecular complexity index is 1020. The van der Waals surface area contributed by atoms with E-state index < -0.39 is 0 Å². The maximum Gasteiger partial charge on any atom is 0.255 e. The van der Waals surface area contributed by atoms with Crippen molar-refractivity contribution in [1.82, 2.24) is 10.3 Å². The third-order valence-electron chi connectivity index (χ3n) is 4.02. The summed E-state index contributed by atoms with van der Waals surface area (Å²) in [4.78, 5) is 28.5. The summed E-state index contributed by atoms with van der Waals surface area (Å²) >= 11 is 11.8. The van der Waals surface area contributed by atoms with Crippen LogP contribution in [-0.2, 0) is 6.54 Å². The Morgan fingerprint density at radius 1 is 1.00 bits per heavy atom. The molecule has 0 radical (unpaired) electrons. The molecule has 3 aromatic rings. The average Bonchev–Trinajstić information content (AvgIpc) is 2.68. The van der Waals surface area contributed by atoms with Gasteiger partial charge in [0.2, 0.25) is 0 Å². The van der Waals surface area contributed by atoms with Gasteiger partial charge in [0, 0.05) is 24.0 Å². The minimum Gasteiger partial charge on any atom is -0.348 e. The van der Waals surface area contributed by atoms with Crippen LogP contribution >= 0.6 is 23.2 Å². The van der Waals surface area contributed by atoms with E-state index in [0.29, 0.717) is 11.3 Å². The van der Waals surface area contributed by atoms with Crippen molar-refractivity contribution < 1.29 is 9.59 Å². The van der Waals surface area contributed by atoms with Crippen molar-refractivity contribution in [3.8, 4) is 0 Å². The van der Waals surface area contributed by atoms with Crippen molar-refractivity contribution in [2.45, 2.75) is 13.5 Å². The Kier molecular flexibility index (Phi) is 6.29. The quantitative estimate of drug-likeness (QED) is 0.585. The molecule has 2 aromatic carbocycles. The van der Waals surface area contributed by atoms with Crippen molar-refractivity contribution in [2.75, 3.05) is 5.32 Å². The third kappa shape index (κ3) is 5.09. The second kappa shape index (κ2) is 8.87. The van der Waals surface area contributed by atoms with Crippen molar-refractivity contribution >= 4 is 40.7 Å². The summed E-state index contributed by atoms with van der Waals surface area (Å²) in [7, 11) is 0. The number of halogens is 2. The summed E-state index contributed by atoms with van der Waals surface area (Å²) in [5, 5.41) is 6.05. The number of aromatic nitrogens is 1. The van der Waals surface area contributed by atoms with E-state index >= 15 is 0 Å². The first-order valence-corrected chi connectivity index (χ1v) is 9.24. The van der Waals surface area contributed by atoms with Crippen molar-refractivity contribution in [3.63, 3.8) is 0 Å². The van der Waals surface area contributed by atoms with Gasteiger partial charge in [-0.3, -0.25) is 9.59 Å². The van der Waals surface area contributed by atoms with E-state index in [0.717, 1.165) is 11.1 Å². The summed E-state index contributed by atoms with van der Waals surface area (Å²) in [5.41, 5.74) is 3.39. The van der Waals surface area contributed by atoms with Gasteiger partial charge in [-0.05, 0) is 42.8 Å². The van der Waals surface area contributed by atoms with Gasteiger partial charge in [0.15, 0.2) is 0 Å². The van der Waals surface area contributed by atoms with Gasteiger partial charge in [0.1, 0.15) is 5.15 Å². The largest absolute Gasteiger partial charge is 0.348 e. The van der Waals surface area contributed by atoms with E-state index in [1.807, 2.05) is 31.2 Å². The Balaban J connectivity index is 1.64. The second-order valence-corrected chi connectivity index (χ2v) is 6.98. The molecule has 28 heavy (non-hydrogen) atoms. The van der Waals surface area contributed by atoms with Crippen LogP contribution in [0.4, 0.5) is 5.69 Å². The highest BCUT2D eigenvalue weighted by atomic mass is 35.5. The molecule has 0 atom stereocenters. The van der Waals surface area contributed by atoms with Gasteiger partial charge in [0.05, 0.1) is 10.6 Å². The topological polar surface area (TPSA) is 71.1 Å². The molecule has 0 aliphatic rings. The predicted octanol–water partition coefficient (Wildman–Crippen LogP) is 4.88. The minimum atomic E-state index is -0.358. The number of anilines is 1. The molecule has 0 fully saturated rings. The van der Waals surface area contributed by atoms with Gasteiger partial charge in [-0.1, -0.05) is 53.0 Å². The van der Waals surface area contributed by atoms with Crippen molar-refractivity contribution in [1.29, 1.82) is 0 Å². The lowest BCUT2D eigenvalue weighted by Gasteiger charge is -2.10. The number of hydrogen-bond acceptors (Lipinski definition) is 3. The number of aryl methyl sites for hydroxylation is 1. The normalized spacial score (nSPS) is 10.4. The highest BCUT2D eigenvalue weighted by Crippen LogP contribution is 2.18. The number of amides is 2. The lowest BCUT2D eigenvalue weighted by molar-refractivity contribution is 0.0950. The molecule has 0 spiro atoms. The van der Waals surface area contributed by atoms with E-state index in [2.05, 4.69) is 15.6 Å². The van der Waals surface area contributed by atoms with Crippen molar-refractivity contribution in [2.24, 2.45) is 0 Å². The van der Waals surface area contributed by atoms with Crippen molar-refractivity contribution in [3.05, 3.63) is 93.2 Å². The van der Waals surface area contributed by atoms with Gasteiger partial charge in [0.25, 0.3) is 11.8 Å². The smallest absolute Gasteiger partial charge is 0.255 e. The van der Waals surface area contributed by atoms with E-state index in [1.165, 1.54) is 12.3 Å². The Hall–Kier alpha value is -2.89. The molecule has 0 aliphatic heterocycles. The highest BCUT2D eigenvalue weighted by Gasteiger charge is 2.12. The molecule has 5 nitrogen and oxygen atoms in total. The van der Waals surface area contributed by atoms with E-state index in [9.17, 15) is 9.59 Å². The number of rotatable bonds is 5. The number of nitrogens with one attached hydrogen (secondary N) is 2. The molecule has 142 valence electrons. The molecule has 2 N–H and O–H groups in total. The fourth-order valence-electron chi connectivity index (χ4n) is 2.53. The number of carbonyl (C=O) groups excluding carboxylic acids is 2. The molecule has 0 aliphatic carbocycles. The first-order valence-electron chi connectivity index (χ1n) is 8.48. The molecular weight excluding hydrogens is 397 g/mol. The number of pyridine rings is 1. The molecule has 0 saturated heterocycles. The van der Waals surface area contributed by atoms with Gasteiger partial charge in [-0.2, -0.15) is 0 Å². The number of benzene rings is 2. The zero-order valence-corrected chi connectivity index (χ0v) is 16.5. The van der Waals surface area contributed by atoms with Crippen LogP contribution in [-0.4, -0.2) is 16.8 Å². The number of carbonyl (C=O) groups is 2. The zero-order valence-electron chi connectivity index (χ0n) is 15.0. The van der Waals surface area contributed by atoms with E-state index in [1.54, 1.807) is 24.3 Å². The molecule has 1 aromatic heterocycles. The first kappa shape index (κ1) is 19.9. The molecule has 0 unspecified atom stereocenters. The molecular formula is C21H17Cl2N3O2. The second-order valence-electron chi connectivity index (χ2n) is 6.19. The van der Waals surface area contributed by atoms with Crippen LogP contribution in [0.3, 0.4) is 0 Å². The van der Waals surface area contributed by atoms with Crippen LogP contribution in [0, 0.1) is 6.92 Å². The van der Waals surface area contributed by atoms with Gasteiger partial charge in [-0.15, -0.1) is 0 Å². The Morgan fingerprint density at radius 2 is 1.75 bits per heavy atom. The predicted molar refractivity (Wildman–Crippen MR) is 111 cm³/mol. The van der Waals surface area contributed by atoms with E-state index in [4.69, 9.17) is 23.2 Å². The summed E-state index contributed by atoms with van der Waals surface area (Å²) < 4.78 is 0. The summed E-state index contributed by atoms with van der Waals surface area (Å²) in [6.45, 7) is 2.23. The van der Waals surface area contributed by atoms with Gasteiger partial charge in [-0.25, -0.2) is 4.98 Å². The first-order chi connectivity index (χ1) is 13.4. The third-order valence-corrected chi connectivity index (χ3v) is 4.53. The number of nitrogens with zero attached hydrogens (tertiary/aromatic N) is 1. The molecule has 7 heteroatoms. The van der Waals surface area contributed by atoms with Crippen LogP contribution in [0.5, 0.6) is 0 Å². The summed E-state index contributed by atoms with van der Waals surface area (Å²) in [6, 6.07) is 16.0. The molecule has 1 heterocycles. The highest BCUT2D eigenvalue weighted by molar-refractivity contribution is 6.35. The zero-order chi connectivity index (χ0) is 20.1. The maximum absolute atomic E-state index is 12.3. The average molecular weight is 414 g/mol. The summed E-state index contributed by atoms with van der Waals surface area (Å²) in [6.07, 6.45) is 1.33. The lowest BCUT2D eigenvalue weighted by atomic mass is 10.1. The molecule has 0 bridgehead atoms. The monoisotopic (exact) mass is 413 g/mol. The standard InChI is InChI=1S/C21H17Cl2N3O2/c1-13-5-7-15(8-6-13)20(27)26-16-4-2-3-14(9-16)11-25-21(28)17-10-19(23)24-12-18(17)22/h2-10,12H,11H2,1H3,(H,25,28)(H,26,27). The Labute approximate surface area is 172 Å². The van der Waals surface area contributed by atoms with Crippen LogP contribution in [0.15, 0.2) is 60.8 Å². The fourth-order valence-corrected chi connectivity index (χ4v) is 2.88. The molecule has 0 saturated carbocycles.